The Kier molecular flexibility index (Phi) is 3.69. The summed E-state index contributed by atoms with van der Waals surface area (Å²) in [6.45, 7) is 3.60. The van der Waals surface area contributed by atoms with Gasteiger partial charge in [0.15, 0.2) is 0 Å². The number of carbonyl (C=O) groups is 1. The Bertz CT molecular complexity index is 555. The normalized spacial score (nSPS) is 24.6. The van der Waals surface area contributed by atoms with Crippen LogP contribution < -0.4 is 10.6 Å². The van der Waals surface area contributed by atoms with Gasteiger partial charge in [0, 0.05) is 11.5 Å². The van der Waals surface area contributed by atoms with Crippen molar-refractivity contribution in [2.45, 2.75) is 32.2 Å². The third-order valence-corrected chi connectivity index (χ3v) is 4.89. The number of piperidine rings is 1. The molecule has 1 aliphatic carbocycles. The van der Waals surface area contributed by atoms with Gasteiger partial charge >= 0.3 is 0 Å². The van der Waals surface area contributed by atoms with Gasteiger partial charge in [0.25, 0.3) is 0 Å². The van der Waals surface area contributed by atoms with Crippen LogP contribution in [0.2, 0.25) is 0 Å². The van der Waals surface area contributed by atoms with E-state index in [4.69, 9.17) is 0 Å². The Hall–Kier alpha value is -1.49. The van der Waals surface area contributed by atoms with Crippen LogP contribution >= 0.6 is 0 Å². The van der Waals surface area contributed by atoms with Gasteiger partial charge in [-0.2, -0.15) is 0 Å². The highest BCUT2D eigenvalue weighted by Crippen LogP contribution is 2.58. The van der Waals surface area contributed by atoms with Crippen molar-refractivity contribution in [1.29, 1.82) is 0 Å². The molecule has 1 amide bonds. The summed E-state index contributed by atoms with van der Waals surface area (Å²) in [4.78, 5) is 12.3. The van der Waals surface area contributed by atoms with E-state index >= 15 is 0 Å². The van der Waals surface area contributed by atoms with Crippen molar-refractivity contribution in [3.05, 3.63) is 35.4 Å². The molecule has 2 fully saturated rings. The lowest BCUT2D eigenvalue weighted by Crippen LogP contribution is -2.34. The van der Waals surface area contributed by atoms with E-state index in [1.165, 1.54) is 0 Å². The molecule has 1 heterocycles. The first-order valence-electron chi connectivity index (χ1n) is 7.48. The standard InChI is InChI=1S/C16H20F2N2O/c1-10(12-8-11(17)2-3-14(12)18)20-15(21)13-9-16(13)4-6-19-7-5-16/h2-3,8,10,13,19H,4-7,9H2,1H3,(H,20,21). The molecule has 3 rings (SSSR count). The molecule has 5 heteroatoms. The van der Waals surface area contributed by atoms with E-state index in [1.807, 2.05) is 0 Å². The molecule has 2 atom stereocenters. The van der Waals surface area contributed by atoms with Crippen molar-refractivity contribution in [2.24, 2.45) is 11.3 Å². The summed E-state index contributed by atoms with van der Waals surface area (Å²) in [6, 6.07) is 2.80. The summed E-state index contributed by atoms with van der Waals surface area (Å²) in [7, 11) is 0. The summed E-state index contributed by atoms with van der Waals surface area (Å²) in [5.74, 6) is -0.989. The molecule has 3 nitrogen and oxygen atoms in total. The summed E-state index contributed by atoms with van der Waals surface area (Å²) in [5, 5.41) is 6.13. The van der Waals surface area contributed by atoms with E-state index in [0.717, 1.165) is 50.6 Å². The number of nitrogens with one attached hydrogen (secondary N) is 2. The predicted molar refractivity (Wildman–Crippen MR) is 75.6 cm³/mol. The van der Waals surface area contributed by atoms with Crippen molar-refractivity contribution in [2.75, 3.05) is 13.1 Å². The second kappa shape index (κ2) is 5.37. The van der Waals surface area contributed by atoms with Crippen molar-refractivity contribution in [1.82, 2.24) is 10.6 Å². The van der Waals surface area contributed by atoms with Gasteiger partial charge in [-0.05, 0) is 62.9 Å². The number of hydrogen-bond donors (Lipinski definition) is 2. The topological polar surface area (TPSA) is 41.1 Å². The molecule has 1 aromatic rings. The van der Waals surface area contributed by atoms with Gasteiger partial charge in [-0.25, -0.2) is 8.78 Å². The molecule has 0 radical (unpaired) electrons. The first-order chi connectivity index (χ1) is 10.0. The summed E-state index contributed by atoms with van der Waals surface area (Å²) in [5.41, 5.74) is 0.346. The smallest absolute Gasteiger partial charge is 0.224 e. The molecule has 2 N–H and O–H groups in total. The van der Waals surface area contributed by atoms with Crippen LogP contribution in [0.3, 0.4) is 0 Å². The van der Waals surface area contributed by atoms with Crippen molar-refractivity contribution < 1.29 is 13.6 Å². The zero-order valence-electron chi connectivity index (χ0n) is 12.1. The number of benzene rings is 1. The van der Waals surface area contributed by atoms with Gasteiger partial charge in [0.05, 0.1) is 6.04 Å². The van der Waals surface area contributed by atoms with E-state index in [9.17, 15) is 13.6 Å². The van der Waals surface area contributed by atoms with Gasteiger partial charge in [0.1, 0.15) is 11.6 Å². The van der Waals surface area contributed by atoms with Crippen LogP contribution in [0.25, 0.3) is 0 Å². The van der Waals surface area contributed by atoms with E-state index in [0.29, 0.717) is 0 Å². The minimum Gasteiger partial charge on any atom is -0.349 e. The highest BCUT2D eigenvalue weighted by Gasteiger charge is 2.57. The van der Waals surface area contributed by atoms with E-state index in [1.54, 1.807) is 6.92 Å². The van der Waals surface area contributed by atoms with Crippen LogP contribution in [-0.4, -0.2) is 19.0 Å². The molecular weight excluding hydrogens is 274 g/mol. The number of halogens is 2. The lowest BCUT2D eigenvalue weighted by Gasteiger charge is -2.24. The molecule has 0 bridgehead atoms. The molecule has 1 saturated heterocycles. The van der Waals surface area contributed by atoms with E-state index in [-0.39, 0.29) is 22.8 Å². The van der Waals surface area contributed by atoms with E-state index < -0.39 is 17.7 Å². The fourth-order valence-corrected chi connectivity index (χ4v) is 3.43. The van der Waals surface area contributed by atoms with Crippen LogP contribution in [0.4, 0.5) is 8.78 Å². The maximum Gasteiger partial charge on any atom is 0.224 e. The molecule has 1 spiro atoms. The van der Waals surface area contributed by atoms with Crippen LogP contribution in [-0.2, 0) is 4.79 Å². The first-order valence-corrected chi connectivity index (χ1v) is 7.48. The van der Waals surface area contributed by atoms with Crippen molar-refractivity contribution in [3.8, 4) is 0 Å². The largest absolute Gasteiger partial charge is 0.349 e. The summed E-state index contributed by atoms with van der Waals surface area (Å²) < 4.78 is 26.9. The van der Waals surface area contributed by atoms with Gasteiger partial charge in [-0.3, -0.25) is 4.79 Å². The average Bonchev–Trinajstić information content (AvgIpc) is 3.15. The monoisotopic (exact) mass is 294 g/mol. The highest BCUT2D eigenvalue weighted by molar-refractivity contribution is 5.83. The molecule has 1 aliphatic heterocycles. The Labute approximate surface area is 123 Å². The van der Waals surface area contributed by atoms with Crippen LogP contribution in [0, 0.1) is 23.0 Å². The SMILES string of the molecule is CC(NC(=O)C1CC12CCNCC2)c1cc(F)ccc1F. The lowest BCUT2D eigenvalue weighted by atomic mass is 9.91. The van der Waals surface area contributed by atoms with Crippen molar-refractivity contribution in [3.63, 3.8) is 0 Å². The predicted octanol–water partition coefficient (Wildman–Crippen LogP) is 2.53. The fourth-order valence-electron chi connectivity index (χ4n) is 3.43. The van der Waals surface area contributed by atoms with Crippen LogP contribution in [0.15, 0.2) is 18.2 Å². The first kappa shape index (κ1) is 14.4. The molecule has 0 aromatic heterocycles. The Morgan fingerprint density at radius 1 is 1.38 bits per heavy atom. The molecule has 114 valence electrons. The number of carbonyl (C=O) groups excluding carboxylic acids is 1. The zero-order valence-corrected chi connectivity index (χ0v) is 12.1. The summed E-state index contributed by atoms with van der Waals surface area (Å²) >= 11 is 0. The maximum absolute atomic E-state index is 13.7. The average molecular weight is 294 g/mol. The van der Waals surface area contributed by atoms with Gasteiger partial charge < -0.3 is 10.6 Å². The minimum absolute atomic E-state index is 0.0265. The Morgan fingerprint density at radius 2 is 2.10 bits per heavy atom. The van der Waals surface area contributed by atoms with E-state index in [2.05, 4.69) is 10.6 Å². The molecule has 1 aromatic carbocycles. The minimum atomic E-state index is -0.521. The molecule has 2 unspecified atom stereocenters. The highest BCUT2D eigenvalue weighted by atomic mass is 19.1. The van der Waals surface area contributed by atoms with Crippen molar-refractivity contribution >= 4 is 5.91 Å². The molecule has 21 heavy (non-hydrogen) atoms. The number of amides is 1. The molecule has 1 saturated carbocycles. The lowest BCUT2D eigenvalue weighted by molar-refractivity contribution is -0.123. The third kappa shape index (κ3) is 2.79. The van der Waals surface area contributed by atoms with Crippen LogP contribution in [0.1, 0.15) is 37.8 Å². The zero-order chi connectivity index (χ0) is 15.0. The van der Waals surface area contributed by atoms with Gasteiger partial charge in [-0.15, -0.1) is 0 Å². The Balaban J connectivity index is 1.64. The number of hydrogen-bond acceptors (Lipinski definition) is 2. The second-order valence-corrected chi connectivity index (χ2v) is 6.27. The van der Waals surface area contributed by atoms with Crippen LogP contribution in [0.5, 0.6) is 0 Å². The van der Waals surface area contributed by atoms with Gasteiger partial charge in [0.2, 0.25) is 5.91 Å². The summed E-state index contributed by atoms with van der Waals surface area (Å²) in [6.07, 6.45) is 2.96. The maximum atomic E-state index is 13.7. The quantitative estimate of drug-likeness (QED) is 0.899. The fraction of sp³-hybridized carbons (Fsp3) is 0.562. The Morgan fingerprint density at radius 3 is 2.81 bits per heavy atom. The second-order valence-electron chi connectivity index (χ2n) is 6.27. The third-order valence-electron chi connectivity index (χ3n) is 4.89. The van der Waals surface area contributed by atoms with Gasteiger partial charge in [-0.1, -0.05) is 0 Å². The number of rotatable bonds is 3. The molecular formula is C16H20F2N2O. The molecule has 2 aliphatic rings.